The molecule has 0 saturated carbocycles. The summed E-state index contributed by atoms with van der Waals surface area (Å²) in [6.45, 7) is 6.04. The topological polar surface area (TPSA) is 47.4 Å². The van der Waals surface area contributed by atoms with E-state index < -0.39 is 0 Å². The van der Waals surface area contributed by atoms with Crippen LogP contribution in [0.25, 0.3) is 0 Å². The van der Waals surface area contributed by atoms with Crippen LogP contribution in [-0.2, 0) is 35.6 Å². The Kier molecular flexibility index (Phi) is 5.76. The van der Waals surface area contributed by atoms with Crippen molar-refractivity contribution in [2.75, 3.05) is 0 Å². The standard InChI is InChI=1S/C24H27N3O2/c1-18(2)27-15-23-21(25-17-26(23)14-19-9-5-3-6-10-19)13-22(27)24(28)29-16-20-11-7-4-8-12-20/h3-12,17-18,22H,13-16H2,1-2H3/t22-/m0/s1. The van der Waals surface area contributed by atoms with Gasteiger partial charge in [-0.25, -0.2) is 4.98 Å². The van der Waals surface area contributed by atoms with Crippen LogP contribution in [0, 0.1) is 0 Å². The highest BCUT2D eigenvalue weighted by Crippen LogP contribution is 2.26. The van der Waals surface area contributed by atoms with Gasteiger partial charge in [0, 0.05) is 25.6 Å². The monoisotopic (exact) mass is 389 g/mol. The Balaban J connectivity index is 1.50. The Labute approximate surface area is 171 Å². The zero-order valence-electron chi connectivity index (χ0n) is 17.0. The molecule has 1 aromatic heterocycles. The fourth-order valence-electron chi connectivity index (χ4n) is 3.89. The molecule has 4 rings (SSSR count). The molecule has 1 aliphatic rings. The quantitative estimate of drug-likeness (QED) is 0.602. The Morgan fingerprint density at radius 1 is 1.07 bits per heavy atom. The molecule has 5 nitrogen and oxygen atoms in total. The predicted octanol–water partition coefficient (Wildman–Crippen LogP) is 3.81. The van der Waals surface area contributed by atoms with Crippen LogP contribution in [0.2, 0.25) is 0 Å². The van der Waals surface area contributed by atoms with Gasteiger partial charge in [-0.15, -0.1) is 0 Å². The molecule has 0 saturated heterocycles. The lowest BCUT2D eigenvalue weighted by molar-refractivity contribution is -0.153. The number of imidazole rings is 1. The summed E-state index contributed by atoms with van der Waals surface area (Å²) in [5, 5.41) is 0. The molecular formula is C24H27N3O2. The average Bonchev–Trinajstić information content (AvgIpc) is 3.14. The van der Waals surface area contributed by atoms with Crippen molar-refractivity contribution in [1.29, 1.82) is 0 Å². The molecular weight excluding hydrogens is 362 g/mol. The molecule has 150 valence electrons. The number of carbonyl (C=O) groups is 1. The van der Waals surface area contributed by atoms with Crippen LogP contribution in [0.3, 0.4) is 0 Å². The van der Waals surface area contributed by atoms with Gasteiger partial charge in [-0.1, -0.05) is 60.7 Å². The average molecular weight is 389 g/mol. The molecule has 1 aliphatic heterocycles. The first kappa shape index (κ1) is 19.4. The van der Waals surface area contributed by atoms with Crippen molar-refractivity contribution < 1.29 is 9.53 Å². The number of esters is 1. The zero-order valence-corrected chi connectivity index (χ0v) is 17.0. The van der Waals surface area contributed by atoms with E-state index in [-0.39, 0.29) is 18.1 Å². The lowest BCUT2D eigenvalue weighted by Crippen LogP contribution is -2.49. The van der Waals surface area contributed by atoms with Gasteiger partial charge in [0.25, 0.3) is 0 Å². The van der Waals surface area contributed by atoms with Crippen LogP contribution in [0.4, 0.5) is 0 Å². The van der Waals surface area contributed by atoms with E-state index in [0.29, 0.717) is 19.6 Å². The van der Waals surface area contributed by atoms with E-state index in [4.69, 9.17) is 4.74 Å². The molecule has 0 aliphatic carbocycles. The van der Waals surface area contributed by atoms with E-state index in [0.717, 1.165) is 17.8 Å². The van der Waals surface area contributed by atoms with Crippen LogP contribution >= 0.6 is 0 Å². The highest BCUT2D eigenvalue weighted by Gasteiger charge is 2.36. The summed E-state index contributed by atoms with van der Waals surface area (Å²) in [6.07, 6.45) is 2.48. The first-order chi connectivity index (χ1) is 14.1. The van der Waals surface area contributed by atoms with E-state index in [2.05, 4.69) is 52.6 Å². The highest BCUT2D eigenvalue weighted by atomic mass is 16.5. The Hall–Kier alpha value is -2.92. The summed E-state index contributed by atoms with van der Waals surface area (Å²) in [6, 6.07) is 20.1. The van der Waals surface area contributed by atoms with E-state index in [1.807, 2.05) is 42.7 Å². The molecule has 2 aromatic carbocycles. The first-order valence-electron chi connectivity index (χ1n) is 10.1. The predicted molar refractivity (Wildman–Crippen MR) is 112 cm³/mol. The molecule has 1 atom stereocenters. The molecule has 0 radical (unpaired) electrons. The molecule has 0 unspecified atom stereocenters. The number of ether oxygens (including phenoxy) is 1. The maximum absolute atomic E-state index is 12.9. The van der Waals surface area contributed by atoms with Gasteiger partial charge in [0.1, 0.15) is 12.6 Å². The molecule has 0 spiro atoms. The number of carbonyl (C=O) groups excluding carboxylic acids is 1. The first-order valence-corrected chi connectivity index (χ1v) is 10.1. The fourth-order valence-corrected chi connectivity index (χ4v) is 3.89. The fraction of sp³-hybridized carbons (Fsp3) is 0.333. The lowest BCUT2D eigenvalue weighted by atomic mass is 10.0. The lowest BCUT2D eigenvalue weighted by Gasteiger charge is -2.37. The summed E-state index contributed by atoms with van der Waals surface area (Å²) in [7, 11) is 0. The number of benzene rings is 2. The third-order valence-electron chi connectivity index (χ3n) is 5.51. The van der Waals surface area contributed by atoms with Crippen molar-refractivity contribution in [2.45, 2.75) is 52.0 Å². The Bertz CT molecular complexity index is 951. The largest absolute Gasteiger partial charge is 0.460 e. The molecule has 0 bridgehead atoms. The second-order valence-corrected chi connectivity index (χ2v) is 7.83. The maximum atomic E-state index is 12.9. The number of hydrogen-bond donors (Lipinski definition) is 0. The molecule has 5 heteroatoms. The number of nitrogens with zero attached hydrogens (tertiary/aromatic N) is 3. The second kappa shape index (κ2) is 8.62. The van der Waals surface area contributed by atoms with Crippen LogP contribution in [0.5, 0.6) is 0 Å². The van der Waals surface area contributed by atoms with Crippen LogP contribution < -0.4 is 0 Å². The smallest absolute Gasteiger partial charge is 0.324 e. The van der Waals surface area contributed by atoms with Gasteiger partial charge in [0.15, 0.2) is 0 Å². The molecule has 0 amide bonds. The van der Waals surface area contributed by atoms with E-state index >= 15 is 0 Å². The number of hydrogen-bond acceptors (Lipinski definition) is 4. The summed E-state index contributed by atoms with van der Waals surface area (Å²) in [4.78, 5) is 19.7. The maximum Gasteiger partial charge on any atom is 0.324 e. The van der Waals surface area contributed by atoms with Crippen LogP contribution in [0.15, 0.2) is 67.0 Å². The molecule has 3 aromatic rings. The second-order valence-electron chi connectivity index (χ2n) is 7.83. The van der Waals surface area contributed by atoms with Gasteiger partial charge in [-0.3, -0.25) is 9.69 Å². The number of rotatable bonds is 6. The minimum atomic E-state index is -0.300. The van der Waals surface area contributed by atoms with Gasteiger partial charge in [0.2, 0.25) is 0 Å². The van der Waals surface area contributed by atoms with E-state index in [1.165, 1.54) is 11.3 Å². The normalized spacial score (nSPS) is 16.6. The van der Waals surface area contributed by atoms with Crippen molar-refractivity contribution in [3.05, 3.63) is 89.5 Å². The number of aromatic nitrogens is 2. The third-order valence-corrected chi connectivity index (χ3v) is 5.51. The minimum absolute atomic E-state index is 0.175. The van der Waals surface area contributed by atoms with Gasteiger partial charge in [0.05, 0.1) is 17.7 Å². The van der Waals surface area contributed by atoms with Crippen molar-refractivity contribution in [3.63, 3.8) is 0 Å². The number of fused-ring (bicyclic) bond motifs is 1. The highest BCUT2D eigenvalue weighted by molar-refractivity contribution is 5.76. The third kappa shape index (κ3) is 4.40. The van der Waals surface area contributed by atoms with E-state index in [1.54, 1.807) is 0 Å². The molecule has 29 heavy (non-hydrogen) atoms. The van der Waals surface area contributed by atoms with Crippen molar-refractivity contribution in [3.8, 4) is 0 Å². The summed E-state index contributed by atoms with van der Waals surface area (Å²) in [5.41, 5.74) is 4.43. The summed E-state index contributed by atoms with van der Waals surface area (Å²) < 4.78 is 7.85. The van der Waals surface area contributed by atoms with Crippen molar-refractivity contribution in [1.82, 2.24) is 14.5 Å². The van der Waals surface area contributed by atoms with Crippen molar-refractivity contribution >= 4 is 5.97 Å². The van der Waals surface area contributed by atoms with Gasteiger partial charge < -0.3 is 9.30 Å². The SMILES string of the molecule is CC(C)N1Cc2c(ncn2Cc2ccccc2)C[C@H]1C(=O)OCc1ccccc1. The van der Waals surface area contributed by atoms with E-state index in [9.17, 15) is 4.79 Å². The molecule has 0 fully saturated rings. The van der Waals surface area contributed by atoms with Gasteiger partial charge in [-0.05, 0) is 25.0 Å². The van der Waals surface area contributed by atoms with Crippen molar-refractivity contribution in [2.24, 2.45) is 0 Å². The van der Waals surface area contributed by atoms with Crippen LogP contribution in [-0.4, -0.2) is 32.5 Å². The Morgan fingerprint density at radius 3 is 2.38 bits per heavy atom. The molecule has 0 N–H and O–H groups in total. The summed E-state index contributed by atoms with van der Waals surface area (Å²) >= 11 is 0. The van der Waals surface area contributed by atoms with Crippen LogP contribution in [0.1, 0.15) is 36.4 Å². The zero-order chi connectivity index (χ0) is 20.2. The minimum Gasteiger partial charge on any atom is -0.460 e. The summed E-state index contributed by atoms with van der Waals surface area (Å²) in [5.74, 6) is -0.175. The molecule has 2 heterocycles. The van der Waals surface area contributed by atoms with Gasteiger partial charge >= 0.3 is 5.97 Å². The Morgan fingerprint density at radius 2 is 1.72 bits per heavy atom. The van der Waals surface area contributed by atoms with Gasteiger partial charge in [-0.2, -0.15) is 0 Å².